The normalized spacial score (nSPS) is 21.6. The minimum absolute atomic E-state index is 0.267. The zero-order chi connectivity index (χ0) is 25.6. The van der Waals surface area contributed by atoms with Crippen LogP contribution in [0.2, 0.25) is 0 Å². The van der Waals surface area contributed by atoms with Crippen LogP contribution in [-0.2, 0) is 12.8 Å². The maximum atomic E-state index is 12.9. The van der Waals surface area contributed by atoms with Gasteiger partial charge in [0.05, 0.1) is 17.6 Å². The first kappa shape index (κ1) is 26.0. The van der Waals surface area contributed by atoms with Gasteiger partial charge in [0, 0.05) is 40.9 Å². The number of rotatable bonds is 10. The molecule has 2 heterocycles. The number of aromatic nitrogens is 3. The summed E-state index contributed by atoms with van der Waals surface area (Å²) < 4.78 is 0. The van der Waals surface area contributed by atoms with Crippen molar-refractivity contribution in [2.75, 3.05) is 18.8 Å². The van der Waals surface area contributed by atoms with E-state index in [2.05, 4.69) is 26.8 Å². The van der Waals surface area contributed by atoms with Crippen LogP contribution < -0.4 is 5.73 Å². The number of nitrogens with zero attached hydrogens (tertiary/aromatic N) is 4. The third-order valence-corrected chi connectivity index (χ3v) is 9.24. The topological polar surface area (TPSA) is 85.0 Å². The number of nitrogen functional groups attached to an aromatic ring is 1. The Labute approximate surface area is 224 Å². The third-order valence-electron chi connectivity index (χ3n) is 8.29. The van der Waals surface area contributed by atoms with Crippen molar-refractivity contribution in [2.24, 2.45) is 11.8 Å². The van der Waals surface area contributed by atoms with E-state index < -0.39 is 0 Å². The number of carbonyl (C=O) groups excluding carboxylic acids is 1. The summed E-state index contributed by atoms with van der Waals surface area (Å²) in [7, 11) is 0. The van der Waals surface area contributed by atoms with Crippen LogP contribution in [0.5, 0.6) is 0 Å². The molecule has 0 spiro atoms. The second kappa shape index (κ2) is 12.3. The lowest BCUT2D eigenvalue weighted by Crippen LogP contribution is -2.41. The molecule has 2 aliphatic carbocycles. The van der Waals surface area contributed by atoms with Crippen molar-refractivity contribution in [1.82, 2.24) is 19.9 Å². The summed E-state index contributed by atoms with van der Waals surface area (Å²) in [4.78, 5) is 30.1. The van der Waals surface area contributed by atoms with E-state index in [1.165, 1.54) is 68.6 Å². The van der Waals surface area contributed by atoms with Crippen LogP contribution in [0.25, 0.3) is 11.3 Å². The molecule has 2 aliphatic rings. The molecule has 1 fully saturated rings. The smallest absolute Gasteiger partial charge is 0.180 e. The third kappa shape index (κ3) is 6.63. The van der Waals surface area contributed by atoms with Crippen LogP contribution in [0.3, 0.4) is 0 Å². The van der Waals surface area contributed by atoms with Crippen LogP contribution in [0.15, 0.2) is 42.9 Å². The van der Waals surface area contributed by atoms with Gasteiger partial charge in [-0.1, -0.05) is 44.0 Å². The van der Waals surface area contributed by atoms with E-state index in [-0.39, 0.29) is 5.78 Å². The molecule has 0 saturated heterocycles. The summed E-state index contributed by atoms with van der Waals surface area (Å²) >= 11 is 1.69. The second-order valence-electron chi connectivity index (χ2n) is 10.8. The quantitative estimate of drug-likeness (QED) is 0.321. The van der Waals surface area contributed by atoms with E-state index >= 15 is 0 Å². The number of fused-ring (bicyclic) bond motifs is 1. The van der Waals surface area contributed by atoms with Crippen LogP contribution in [0, 0.1) is 11.8 Å². The van der Waals surface area contributed by atoms with E-state index in [9.17, 15) is 4.79 Å². The molecular weight excluding hydrogens is 478 g/mol. The number of benzene rings is 1. The van der Waals surface area contributed by atoms with Gasteiger partial charge in [-0.05, 0) is 69.9 Å². The van der Waals surface area contributed by atoms with Crippen molar-refractivity contribution in [1.29, 1.82) is 0 Å². The average molecular weight is 518 g/mol. The van der Waals surface area contributed by atoms with Crippen molar-refractivity contribution in [3.63, 3.8) is 0 Å². The summed E-state index contributed by atoms with van der Waals surface area (Å²) in [5.74, 6) is 1.57. The number of hydrogen-bond acceptors (Lipinski definition) is 7. The highest BCUT2D eigenvalue weighted by Gasteiger charge is 2.28. The predicted octanol–water partition coefficient (Wildman–Crippen LogP) is 6.22. The molecule has 0 amide bonds. The Hall–Kier alpha value is -2.64. The number of carbonyl (C=O) groups is 1. The Morgan fingerprint density at radius 3 is 2.57 bits per heavy atom. The first-order valence-corrected chi connectivity index (χ1v) is 14.8. The highest BCUT2D eigenvalue weighted by atomic mass is 32.1. The molecule has 2 N–H and O–H groups in total. The first-order valence-electron chi connectivity index (χ1n) is 14.0. The molecule has 1 atom stereocenters. The number of nitrogens with two attached hydrogens (primary N) is 1. The van der Waals surface area contributed by atoms with Gasteiger partial charge >= 0.3 is 0 Å². The molecular formula is C30H39N5OS. The molecule has 1 aromatic carbocycles. The fourth-order valence-corrected chi connectivity index (χ4v) is 7.13. The van der Waals surface area contributed by atoms with Crippen LogP contribution in [0.4, 0.5) is 5.13 Å². The average Bonchev–Trinajstić information content (AvgIpc) is 3.31. The minimum Gasteiger partial charge on any atom is -0.375 e. The molecule has 7 heteroatoms. The number of thiazole rings is 1. The summed E-state index contributed by atoms with van der Waals surface area (Å²) in [6.07, 6.45) is 16.5. The molecule has 0 radical (unpaired) electrons. The summed E-state index contributed by atoms with van der Waals surface area (Å²) in [5.41, 5.74) is 9.84. The van der Waals surface area contributed by atoms with E-state index in [4.69, 9.17) is 5.73 Å². The Morgan fingerprint density at radius 1 is 1.05 bits per heavy atom. The standard InChI is InChI=1S/C30H39N5OS/c1-2-16-35(25-11-12-26-29(19-25)37-30(31)34-26)17-13-21-3-5-22(6-4-21)18-28(36)24-9-7-23(8-10-24)27-20-32-14-15-33-27/h7-10,14-15,20-22,25H,2-6,11-13,16-19H2,1H3,(H2,31,34)/t21?,22?,25-/m0/s1. The molecule has 1 saturated carbocycles. The lowest BCUT2D eigenvalue weighted by atomic mass is 9.78. The molecule has 2 aromatic heterocycles. The fraction of sp³-hybridized carbons (Fsp3) is 0.533. The highest BCUT2D eigenvalue weighted by Crippen LogP contribution is 2.35. The van der Waals surface area contributed by atoms with Crippen LogP contribution in [0.1, 0.15) is 79.2 Å². The zero-order valence-corrected chi connectivity index (χ0v) is 22.8. The molecule has 37 heavy (non-hydrogen) atoms. The minimum atomic E-state index is 0.267. The molecule has 5 rings (SSSR count). The monoisotopic (exact) mass is 517 g/mol. The van der Waals surface area contributed by atoms with E-state index in [1.54, 1.807) is 29.9 Å². The lowest BCUT2D eigenvalue weighted by molar-refractivity contribution is 0.0937. The van der Waals surface area contributed by atoms with Crippen molar-refractivity contribution in [3.05, 3.63) is 59.0 Å². The van der Waals surface area contributed by atoms with Gasteiger partial charge in [0.25, 0.3) is 0 Å². The highest BCUT2D eigenvalue weighted by molar-refractivity contribution is 7.15. The number of Topliss-reactive ketones (excluding diaryl/α,β-unsaturated/α-hetero) is 1. The zero-order valence-electron chi connectivity index (χ0n) is 21.9. The van der Waals surface area contributed by atoms with Crippen molar-refractivity contribution in [2.45, 2.75) is 77.2 Å². The summed E-state index contributed by atoms with van der Waals surface area (Å²) in [6, 6.07) is 8.46. The molecule has 196 valence electrons. The van der Waals surface area contributed by atoms with Gasteiger partial charge in [0.1, 0.15) is 0 Å². The van der Waals surface area contributed by atoms with Gasteiger partial charge in [-0.25, -0.2) is 4.98 Å². The Balaban J connectivity index is 1.07. The van der Waals surface area contributed by atoms with Crippen molar-refractivity contribution in [3.8, 4) is 11.3 Å². The molecule has 3 aromatic rings. The Morgan fingerprint density at radius 2 is 1.84 bits per heavy atom. The summed E-state index contributed by atoms with van der Waals surface area (Å²) in [6.45, 7) is 4.65. The van der Waals surface area contributed by atoms with E-state index in [1.807, 2.05) is 24.3 Å². The van der Waals surface area contributed by atoms with Gasteiger partial charge in [-0.3, -0.25) is 14.8 Å². The molecule has 6 nitrogen and oxygen atoms in total. The van der Waals surface area contributed by atoms with Gasteiger partial charge in [0.15, 0.2) is 10.9 Å². The molecule has 0 unspecified atom stereocenters. The summed E-state index contributed by atoms with van der Waals surface area (Å²) in [5, 5.41) is 0.724. The van der Waals surface area contributed by atoms with Gasteiger partial charge in [-0.2, -0.15) is 0 Å². The maximum absolute atomic E-state index is 12.9. The van der Waals surface area contributed by atoms with Crippen molar-refractivity contribution >= 4 is 22.3 Å². The SMILES string of the molecule is CCCN(CCC1CCC(CC(=O)c2ccc(-c3cnccn3)cc2)CC1)[C@H]1CCc2nc(N)sc2C1. The molecule has 0 aliphatic heterocycles. The van der Waals surface area contributed by atoms with Crippen molar-refractivity contribution < 1.29 is 4.79 Å². The van der Waals surface area contributed by atoms with Crippen LogP contribution >= 0.6 is 11.3 Å². The Bertz CT molecular complexity index is 1150. The number of ketones is 1. The van der Waals surface area contributed by atoms with Crippen LogP contribution in [-0.4, -0.2) is 44.8 Å². The Kier molecular flexibility index (Phi) is 8.62. The number of hydrogen-bond donors (Lipinski definition) is 1. The predicted molar refractivity (Wildman–Crippen MR) is 151 cm³/mol. The number of aryl methyl sites for hydroxylation is 1. The van der Waals surface area contributed by atoms with Gasteiger partial charge in [-0.15, -0.1) is 11.3 Å². The molecule has 0 bridgehead atoms. The second-order valence-corrected chi connectivity index (χ2v) is 11.9. The lowest BCUT2D eigenvalue weighted by Gasteiger charge is -2.36. The maximum Gasteiger partial charge on any atom is 0.180 e. The van der Waals surface area contributed by atoms with Gasteiger partial charge < -0.3 is 10.6 Å². The van der Waals surface area contributed by atoms with E-state index in [0.717, 1.165) is 40.7 Å². The fourth-order valence-electron chi connectivity index (χ4n) is 6.18. The van der Waals surface area contributed by atoms with Gasteiger partial charge in [0.2, 0.25) is 0 Å². The number of anilines is 1. The van der Waals surface area contributed by atoms with E-state index in [0.29, 0.717) is 18.4 Å². The first-order chi connectivity index (χ1) is 18.1. The largest absolute Gasteiger partial charge is 0.375 e.